The van der Waals surface area contributed by atoms with Crippen molar-refractivity contribution in [1.82, 2.24) is 9.62 Å². The number of nitrogens with one attached hydrogen (secondary N) is 1. The van der Waals surface area contributed by atoms with E-state index in [9.17, 15) is 18.0 Å². The van der Waals surface area contributed by atoms with E-state index in [4.69, 9.17) is 9.47 Å². The lowest BCUT2D eigenvalue weighted by Gasteiger charge is -2.12. The molecule has 0 saturated carbocycles. The van der Waals surface area contributed by atoms with Crippen molar-refractivity contribution in [3.8, 4) is 5.75 Å². The van der Waals surface area contributed by atoms with Crippen LogP contribution in [0.1, 0.15) is 21.5 Å². The van der Waals surface area contributed by atoms with Crippen molar-refractivity contribution in [2.45, 2.75) is 18.7 Å². The minimum atomic E-state index is -3.49. The zero-order valence-corrected chi connectivity index (χ0v) is 18.3. The number of aryl methyl sites for hydroxylation is 2. The normalized spacial score (nSPS) is 11.2. The predicted molar refractivity (Wildman–Crippen MR) is 112 cm³/mol. The van der Waals surface area contributed by atoms with Crippen LogP contribution < -0.4 is 10.1 Å². The van der Waals surface area contributed by atoms with E-state index in [0.29, 0.717) is 11.3 Å². The first-order valence-corrected chi connectivity index (χ1v) is 10.7. The maximum atomic E-state index is 12.1. The van der Waals surface area contributed by atoms with E-state index in [2.05, 4.69) is 5.32 Å². The Kier molecular flexibility index (Phi) is 7.96. The molecule has 8 nitrogen and oxygen atoms in total. The molecule has 0 aromatic heterocycles. The molecule has 0 unspecified atom stereocenters. The second-order valence-electron chi connectivity index (χ2n) is 6.89. The number of amides is 1. The third kappa shape index (κ3) is 6.57. The lowest BCUT2D eigenvalue weighted by molar-refractivity contribution is -0.143. The van der Waals surface area contributed by atoms with E-state index in [1.807, 2.05) is 19.9 Å². The lowest BCUT2D eigenvalue weighted by atomic mass is 10.1. The van der Waals surface area contributed by atoms with E-state index in [-0.39, 0.29) is 30.6 Å². The summed E-state index contributed by atoms with van der Waals surface area (Å²) < 4.78 is 35.6. The first-order valence-electron chi connectivity index (χ1n) is 9.27. The van der Waals surface area contributed by atoms with E-state index >= 15 is 0 Å². The molecular weight excluding hydrogens is 408 g/mol. The van der Waals surface area contributed by atoms with E-state index < -0.39 is 16.0 Å². The minimum Gasteiger partial charge on any atom is -0.490 e. The van der Waals surface area contributed by atoms with Crippen molar-refractivity contribution in [2.75, 3.05) is 33.9 Å². The van der Waals surface area contributed by atoms with Crippen molar-refractivity contribution >= 4 is 21.9 Å². The van der Waals surface area contributed by atoms with Gasteiger partial charge in [-0.2, -0.15) is 0 Å². The Morgan fingerprint density at radius 3 is 2.13 bits per heavy atom. The number of hydrogen-bond donors (Lipinski definition) is 1. The number of sulfonamides is 1. The van der Waals surface area contributed by atoms with Gasteiger partial charge in [0, 0.05) is 19.7 Å². The minimum absolute atomic E-state index is 0.00396. The average Bonchev–Trinajstić information content (AvgIpc) is 2.69. The molecule has 2 aromatic rings. The number of esters is 1. The number of nitrogens with zero attached hydrogens (tertiary/aromatic N) is 1. The molecule has 0 saturated heterocycles. The van der Waals surface area contributed by atoms with Gasteiger partial charge in [-0.3, -0.25) is 9.59 Å². The summed E-state index contributed by atoms with van der Waals surface area (Å²) in [6.45, 7) is 3.63. The van der Waals surface area contributed by atoms with Gasteiger partial charge >= 0.3 is 5.97 Å². The van der Waals surface area contributed by atoms with Gasteiger partial charge in [-0.25, -0.2) is 12.7 Å². The van der Waals surface area contributed by atoms with Crippen molar-refractivity contribution in [1.29, 1.82) is 0 Å². The average molecular weight is 435 g/mol. The van der Waals surface area contributed by atoms with Gasteiger partial charge in [0.15, 0.2) is 0 Å². The van der Waals surface area contributed by atoms with Gasteiger partial charge in [-0.1, -0.05) is 17.2 Å². The first-order chi connectivity index (χ1) is 14.1. The van der Waals surface area contributed by atoms with E-state index in [1.165, 1.54) is 38.4 Å². The Balaban J connectivity index is 1.73. The van der Waals surface area contributed by atoms with Crippen molar-refractivity contribution in [3.63, 3.8) is 0 Å². The number of carbonyl (C=O) groups is 2. The molecule has 1 N–H and O–H groups in total. The molecule has 162 valence electrons. The molecule has 9 heteroatoms. The van der Waals surface area contributed by atoms with E-state index in [0.717, 1.165) is 15.4 Å². The van der Waals surface area contributed by atoms with Crippen LogP contribution in [0.3, 0.4) is 0 Å². The number of hydrogen-bond acceptors (Lipinski definition) is 6. The fraction of sp³-hybridized carbons (Fsp3) is 0.333. The van der Waals surface area contributed by atoms with Gasteiger partial charge in [0.25, 0.3) is 5.91 Å². The molecule has 0 aliphatic heterocycles. The van der Waals surface area contributed by atoms with Crippen LogP contribution in [-0.4, -0.2) is 58.5 Å². The van der Waals surface area contributed by atoms with Crippen LogP contribution in [0.15, 0.2) is 47.4 Å². The molecule has 30 heavy (non-hydrogen) atoms. The first kappa shape index (κ1) is 23.4. The Morgan fingerprint density at radius 1 is 0.967 bits per heavy atom. The molecule has 0 spiro atoms. The molecule has 2 aromatic carbocycles. The van der Waals surface area contributed by atoms with Crippen LogP contribution in [0, 0.1) is 13.8 Å². The predicted octanol–water partition coefficient (Wildman–Crippen LogP) is 1.91. The maximum Gasteiger partial charge on any atom is 0.325 e. The van der Waals surface area contributed by atoms with Crippen LogP contribution in [0.25, 0.3) is 0 Å². The highest BCUT2D eigenvalue weighted by Gasteiger charge is 2.16. The highest BCUT2D eigenvalue weighted by Crippen LogP contribution is 2.18. The summed E-state index contributed by atoms with van der Waals surface area (Å²) in [4.78, 5) is 24.1. The third-order valence-corrected chi connectivity index (χ3v) is 5.92. The molecule has 0 aliphatic rings. The topological polar surface area (TPSA) is 102 Å². The molecule has 0 atom stereocenters. The Morgan fingerprint density at radius 2 is 1.57 bits per heavy atom. The summed E-state index contributed by atoms with van der Waals surface area (Å²) >= 11 is 0. The number of benzene rings is 2. The molecule has 2 rings (SSSR count). The van der Waals surface area contributed by atoms with Crippen LogP contribution in [0.5, 0.6) is 5.75 Å². The Bertz CT molecular complexity index is 980. The largest absolute Gasteiger partial charge is 0.490 e. The van der Waals surface area contributed by atoms with Gasteiger partial charge in [0.2, 0.25) is 10.0 Å². The molecule has 0 aliphatic carbocycles. The van der Waals surface area contributed by atoms with Gasteiger partial charge in [0.1, 0.15) is 25.5 Å². The molecular formula is C21H26N2O6S. The monoisotopic (exact) mass is 434 g/mol. The summed E-state index contributed by atoms with van der Waals surface area (Å²) in [5.41, 5.74) is 2.42. The molecule has 0 bridgehead atoms. The van der Waals surface area contributed by atoms with Crippen LogP contribution in [0.2, 0.25) is 0 Å². The van der Waals surface area contributed by atoms with E-state index in [1.54, 1.807) is 12.1 Å². The fourth-order valence-electron chi connectivity index (χ4n) is 2.64. The second-order valence-corrected chi connectivity index (χ2v) is 9.04. The summed E-state index contributed by atoms with van der Waals surface area (Å²) in [6.07, 6.45) is 0. The molecule has 0 radical (unpaired) electrons. The fourth-order valence-corrected chi connectivity index (χ4v) is 3.55. The number of ether oxygens (including phenoxy) is 2. The quantitative estimate of drug-likeness (QED) is 0.478. The molecule has 1 amide bonds. The third-order valence-electron chi connectivity index (χ3n) is 4.09. The van der Waals surface area contributed by atoms with Crippen molar-refractivity contribution in [3.05, 3.63) is 59.2 Å². The molecule has 0 fully saturated rings. The van der Waals surface area contributed by atoms with Gasteiger partial charge in [-0.15, -0.1) is 0 Å². The summed E-state index contributed by atoms with van der Waals surface area (Å²) in [7, 11) is -0.581. The standard InChI is InChI=1S/C21H26N2O6S/c1-15-11-16(2)13-17(12-15)21(25)22-14-20(24)29-10-9-28-18-5-7-19(8-6-18)30(26,27)23(3)4/h5-8,11-13H,9-10,14H2,1-4H3,(H,22,25). The van der Waals surface area contributed by atoms with Crippen molar-refractivity contribution in [2.24, 2.45) is 0 Å². The SMILES string of the molecule is Cc1cc(C)cc(C(=O)NCC(=O)OCCOc2ccc(S(=O)(=O)N(C)C)cc2)c1. The van der Waals surface area contributed by atoms with Gasteiger partial charge in [0.05, 0.1) is 4.90 Å². The van der Waals surface area contributed by atoms with Crippen LogP contribution >= 0.6 is 0 Å². The zero-order valence-electron chi connectivity index (χ0n) is 17.5. The zero-order chi connectivity index (χ0) is 22.3. The number of carbonyl (C=O) groups excluding carboxylic acids is 2. The molecule has 0 heterocycles. The lowest BCUT2D eigenvalue weighted by Crippen LogP contribution is -2.31. The van der Waals surface area contributed by atoms with Gasteiger partial charge < -0.3 is 14.8 Å². The smallest absolute Gasteiger partial charge is 0.325 e. The van der Waals surface area contributed by atoms with Crippen molar-refractivity contribution < 1.29 is 27.5 Å². The second kappa shape index (κ2) is 10.2. The van der Waals surface area contributed by atoms with Crippen LogP contribution in [-0.2, 0) is 19.6 Å². The Labute approximate surface area is 176 Å². The summed E-state index contributed by atoms with van der Waals surface area (Å²) in [5.74, 6) is -0.474. The summed E-state index contributed by atoms with van der Waals surface area (Å²) in [5, 5.41) is 2.53. The van der Waals surface area contributed by atoms with Crippen LogP contribution in [0.4, 0.5) is 0 Å². The highest BCUT2D eigenvalue weighted by atomic mass is 32.2. The Hall–Kier alpha value is -2.91. The maximum absolute atomic E-state index is 12.1. The highest BCUT2D eigenvalue weighted by molar-refractivity contribution is 7.89. The summed E-state index contributed by atoms with van der Waals surface area (Å²) in [6, 6.07) is 11.4. The van der Waals surface area contributed by atoms with Gasteiger partial charge in [-0.05, 0) is 50.2 Å². The number of rotatable bonds is 9.